The molecule has 1 fully saturated rings. The number of nitro benzene ring substituents is 1. The Morgan fingerprint density at radius 1 is 1.29 bits per heavy atom. The average Bonchev–Trinajstić information content (AvgIpc) is 3.17. The van der Waals surface area contributed by atoms with Crippen LogP contribution in [0.4, 0.5) is 5.69 Å². The summed E-state index contributed by atoms with van der Waals surface area (Å²) < 4.78 is 5.41. The zero-order valence-electron chi connectivity index (χ0n) is 14.9. The number of benzene rings is 2. The summed E-state index contributed by atoms with van der Waals surface area (Å²) in [6, 6.07) is 14.2. The molecule has 1 saturated heterocycles. The van der Waals surface area contributed by atoms with Crippen LogP contribution in [-0.2, 0) is 6.54 Å². The number of rotatable bonds is 5. The van der Waals surface area contributed by atoms with Crippen molar-refractivity contribution in [2.45, 2.75) is 12.6 Å². The normalized spacial score (nSPS) is 17.5. The molecule has 1 aliphatic rings. The summed E-state index contributed by atoms with van der Waals surface area (Å²) in [5.74, 6) is 0.809. The van der Waals surface area contributed by atoms with Crippen LogP contribution in [0.25, 0.3) is 11.4 Å². The molecule has 8 nitrogen and oxygen atoms in total. The second-order valence-corrected chi connectivity index (χ2v) is 7.00. The SMILES string of the molecule is O=[N+]([O-])c1cccc(-c2noc(CN3CCNCC3c3cccc(Cl)c3)n2)c1. The van der Waals surface area contributed by atoms with E-state index in [1.54, 1.807) is 12.1 Å². The Hall–Kier alpha value is -2.81. The maximum atomic E-state index is 11.0. The van der Waals surface area contributed by atoms with E-state index >= 15 is 0 Å². The quantitative estimate of drug-likeness (QED) is 0.518. The van der Waals surface area contributed by atoms with Crippen LogP contribution in [0.3, 0.4) is 0 Å². The highest BCUT2D eigenvalue weighted by Crippen LogP contribution is 2.27. The van der Waals surface area contributed by atoms with Gasteiger partial charge in [-0.1, -0.05) is 41.0 Å². The van der Waals surface area contributed by atoms with Crippen molar-refractivity contribution in [1.82, 2.24) is 20.4 Å². The highest BCUT2D eigenvalue weighted by atomic mass is 35.5. The monoisotopic (exact) mass is 399 g/mol. The van der Waals surface area contributed by atoms with Crippen molar-refractivity contribution in [3.63, 3.8) is 0 Å². The van der Waals surface area contributed by atoms with Crippen LogP contribution in [0, 0.1) is 10.1 Å². The van der Waals surface area contributed by atoms with E-state index in [9.17, 15) is 10.1 Å². The van der Waals surface area contributed by atoms with E-state index in [4.69, 9.17) is 16.1 Å². The number of non-ortho nitro benzene ring substituents is 1. The van der Waals surface area contributed by atoms with Crippen molar-refractivity contribution in [1.29, 1.82) is 0 Å². The summed E-state index contributed by atoms with van der Waals surface area (Å²) in [5.41, 5.74) is 1.67. The number of nitro groups is 1. The van der Waals surface area contributed by atoms with Crippen molar-refractivity contribution < 1.29 is 9.45 Å². The fourth-order valence-electron chi connectivity index (χ4n) is 3.35. The molecule has 1 unspecified atom stereocenters. The molecule has 0 spiro atoms. The summed E-state index contributed by atoms with van der Waals surface area (Å²) in [6.07, 6.45) is 0. The second-order valence-electron chi connectivity index (χ2n) is 6.56. The van der Waals surface area contributed by atoms with Gasteiger partial charge in [-0.05, 0) is 17.7 Å². The molecule has 2 heterocycles. The van der Waals surface area contributed by atoms with Crippen LogP contribution in [0.5, 0.6) is 0 Å². The Balaban J connectivity index is 1.54. The molecule has 1 N–H and O–H groups in total. The summed E-state index contributed by atoms with van der Waals surface area (Å²) in [4.78, 5) is 17.2. The summed E-state index contributed by atoms with van der Waals surface area (Å²) in [7, 11) is 0. The van der Waals surface area contributed by atoms with Crippen LogP contribution < -0.4 is 5.32 Å². The molecule has 0 aliphatic carbocycles. The van der Waals surface area contributed by atoms with Crippen molar-refractivity contribution in [2.24, 2.45) is 0 Å². The van der Waals surface area contributed by atoms with Crippen LogP contribution in [0.2, 0.25) is 5.02 Å². The molecule has 9 heteroatoms. The molecular weight excluding hydrogens is 382 g/mol. The van der Waals surface area contributed by atoms with Crippen LogP contribution in [0.15, 0.2) is 53.1 Å². The highest BCUT2D eigenvalue weighted by Gasteiger charge is 2.26. The number of nitrogens with zero attached hydrogens (tertiary/aromatic N) is 4. The van der Waals surface area contributed by atoms with Gasteiger partial charge in [0.05, 0.1) is 11.5 Å². The van der Waals surface area contributed by atoms with E-state index < -0.39 is 4.92 Å². The Labute approximate surface area is 166 Å². The number of aromatic nitrogens is 2. The third-order valence-electron chi connectivity index (χ3n) is 4.71. The summed E-state index contributed by atoms with van der Waals surface area (Å²) >= 11 is 6.15. The van der Waals surface area contributed by atoms with Crippen LogP contribution in [-0.4, -0.2) is 39.6 Å². The molecule has 0 amide bonds. The molecule has 1 atom stereocenters. The van der Waals surface area contributed by atoms with Gasteiger partial charge in [0.2, 0.25) is 11.7 Å². The topological polar surface area (TPSA) is 97.3 Å². The van der Waals surface area contributed by atoms with Crippen LogP contribution >= 0.6 is 11.6 Å². The van der Waals surface area contributed by atoms with Crippen molar-refractivity contribution in [3.05, 3.63) is 75.1 Å². The lowest BCUT2D eigenvalue weighted by Gasteiger charge is -2.35. The Morgan fingerprint density at radius 2 is 2.14 bits per heavy atom. The van der Waals surface area contributed by atoms with Gasteiger partial charge in [0.25, 0.3) is 5.69 Å². The maximum absolute atomic E-state index is 11.0. The molecule has 0 saturated carbocycles. The number of hydrogen-bond donors (Lipinski definition) is 1. The van der Waals surface area contributed by atoms with E-state index in [1.165, 1.54) is 12.1 Å². The molecule has 1 aromatic heterocycles. The minimum absolute atomic E-state index is 0.00743. The summed E-state index contributed by atoms with van der Waals surface area (Å²) in [6.45, 7) is 2.97. The van der Waals surface area contributed by atoms with E-state index in [0.717, 1.165) is 25.2 Å². The van der Waals surface area contributed by atoms with Gasteiger partial charge in [-0.15, -0.1) is 0 Å². The standard InChI is InChI=1S/C19H18ClN5O3/c20-15-5-1-3-13(9-15)17-11-21-7-8-24(17)12-18-22-19(23-28-18)14-4-2-6-16(10-14)25(26)27/h1-6,9-10,17,21H,7-8,11-12H2. The van der Waals surface area contributed by atoms with Crippen molar-refractivity contribution >= 4 is 17.3 Å². The fourth-order valence-corrected chi connectivity index (χ4v) is 3.55. The average molecular weight is 400 g/mol. The maximum Gasteiger partial charge on any atom is 0.270 e. The van der Waals surface area contributed by atoms with E-state index in [-0.39, 0.29) is 11.7 Å². The smallest absolute Gasteiger partial charge is 0.270 e. The van der Waals surface area contributed by atoms with Gasteiger partial charge in [-0.3, -0.25) is 15.0 Å². The van der Waals surface area contributed by atoms with Gasteiger partial charge in [0, 0.05) is 48.4 Å². The largest absolute Gasteiger partial charge is 0.338 e. The number of hydrogen-bond acceptors (Lipinski definition) is 7. The van der Waals surface area contributed by atoms with Gasteiger partial charge in [0.15, 0.2) is 0 Å². The van der Waals surface area contributed by atoms with Gasteiger partial charge >= 0.3 is 0 Å². The number of piperazine rings is 1. The lowest BCUT2D eigenvalue weighted by molar-refractivity contribution is -0.384. The molecule has 4 rings (SSSR count). The second kappa shape index (κ2) is 8.05. The van der Waals surface area contributed by atoms with Crippen molar-refractivity contribution in [3.8, 4) is 11.4 Å². The predicted molar refractivity (Wildman–Crippen MR) is 104 cm³/mol. The molecule has 3 aromatic rings. The van der Waals surface area contributed by atoms with Gasteiger partial charge in [-0.2, -0.15) is 4.98 Å². The van der Waals surface area contributed by atoms with Crippen molar-refractivity contribution in [2.75, 3.05) is 19.6 Å². The van der Waals surface area contributed by atoms with Crippen LogP contribution in [0.1, 0.15) is 17.5 Å². The Bertz CT molecular complexity index is 993. The Morgan fingerprint density at radius 3 is 2.96 bits per heavy atom. The van der Waals surface area contributed by atoms with Gasteiger partial charge in [0.1, 0.15) is 0 Å². The van der Waals surface area contributed by atoms with E-state index in [1.807, 2.05) is 18.2 Å². The lowest BCUT2D eigenvalue weighted by atomic mass is 10.0. The molecule has 144 valence electrons. The van der Waals surface area contributed by atoms with Gasteiger partial charge < -0.3 is 9.84 Å². The first-order valence-corrected chi connectivity index (χ1v) is 9.25. The number of nitrogens with one attached hydrogen (secondary N) is 1. The highest BCUT2D eigenvalue weighted by molar-refractivity contribution is 6.30. The summed E-state index contributed by atoms with van der Waals surface area (Å²) in [5, 5.41) is 19.1. The number of halogens is 1. The third-order valence-corrected chi connectivity index (χ3v) is 4.94. The lowest BCUT2D eigenvalue weighted by Crippen LogP contribution is -2.45. The predicted octanol–water partition coefficient (Wildman–Crippen LogP) is 3.44. The Kier molecular flexibility index (Phi) is 5.34. The molecular formula is C19H18ClN5O3. The third kappa shape index (κ3) is 4.04. The minimum atomic E-state index is -0.444. The first-order valence-electron chi connectivity index (χ1n) is 8.88. The minimum Gasteiger partial charge on any atom is -0.338 e. The fraction of sp³-hybridized carbons (Fsp3) is 0.263. The first-order chi connectivity index (χ1) is 13.6. The first kappa shape index (κ1) is 18.5. The molecule has 0 radical (unpaired) electrons. The van der Waals surface area contributed by atoms with E-state index in [0.29, 0.717) is 28.8 Å². The molecule has 0 bridgehead atoms. The molecule has 2 aromatic carbocycles. The zero-order chi connectivity index (χ0) is 19.5. The zero-order valence-corrected chi connectivity index (χ0v) is 15.7. The molecule has 28 heavy (non-hydrogen) atoms. The van der Waals surface area contributed by atoms with Gasteiger partial charge in [-0.25, -0.2) is 0 Å². The van der Waals surface area contributed by atoms with E-state index in [2.05, 4.69) is 26.4 Å². The molecule has 1 aliphatic heterocycles.